The third-order valence-electron chi connectivity index (χ3n) is 2.92. The first kappa shape index (κ1) is 11.6. The van der Waals surface area contributed by atoms with Crippen molar-refractivity contribution < 1.29 is 9.53 Å². The lowest BCUT2D eigenvalue weighted by molar-refractivity contribution is -0.153. The van der Waals surface area contributed by atoms with Crippen molar-refractivity contribution in [2.24, 2.45) is 11.1 Å². The van der Waals surface area contributed by atoms with E-state index in [9.17, 15) is 4.79 Å². The number of hydrogen-bond acceptors (Lipinski definition) is 4. The number of benzene rings is 1. The maximum atomic E-state index is 12.0. The van der Waals surface area contributed by atoms with Gasteiger partial charge in [-0.25, -0.2) is 0 Å². The van der Waals surface area contributed by atoms with Crippen molar-refractivity contribution in [3.8, 4) is 6.07 Å². The van der Waals surface area contributed by atoms with E-state index >= 15 is 0 Å². The van der Waals surface area contributed by atoms with E-state index in [1.54, 1.807) is 24.3 Å². The van der Waals surface area contributed by atoms with Gasteiger partial charge in [0.05, 0.1) is 24.5 Å². The Balaban J connectivity index is 2.16. The van der Waals surface area contributed by atoms with Crippen LogP contribution in [-0.2, 0) is 9.53 Å². The largest absolute Gasteiger partial charge is 0.379 e. The highest BCUT2D eigenvalue weighted by Crippen LogP contribution is 2.28. The Bertz CT molecular complexity index is 469. The van der Waals surface area contributed by atoms with Crippen molar-refractivity contribution >= 4 is 11.6 Å². The molecule has 0 radical (unpaired) electrons. The van der Waals surface area contributed by atoms with Crippen LogP contribution < -0.4 is 11.1 Å². The number of hydrogen-bond donors (Lipinski definition) is 2. The molecule has 2 rings (SSSR count). The Morgan fingerprint density at radius 1 is 1.53 bits per heavy atom. The van der Waals surface area contributed by atoms with E-state index in [2.05, 4.69) is 5.32 Å². The van der Waals surface area contributed by atoms with Crippen LogP contribution >= 0.6 is 0 Å². The van der Waals surface area contributed by atoms with E-state index in [0.717, 1.165) is 0 Å². The number of para-hydroxylation sites is 1. The fraction of sp³-hybridized carbons (Fsp3) is 0.333. The number of nitrogens with one attached hydrogen (secondary N) is 1. The Hall–Kier alpha value is -1.90. The predicted octanol–water partition coefficient (Wildman–Crippen LogP) is 0.472. The maximum absolute atomic E-state index is 12.0. The molecular weight excluding hydrogens is 218 g/mol. The molecule has 1 fully saturated rings. The molecule has 1 aromatic rings. The number of nitrogens with two attached hydrogens (primary N) is 1. The van der Waals surface area contributed by atoms with Gasteiger partial charge in [0.1, 0.15) is 11.5 Å². The molecule has 0 saturated carbocycles. The van der Waals surface area contributed by atoms with Crippen molar-refractivity contribution in [2.75, 3.05) is 25.1 Å². The first-order valence-electron chi connectivity index (χ1n) is 5.30. The summed E-state index contributed by atoms with van der Waals surface area (Å²) in [7, 11) is 0. The Labute approximate surface area is 99.2 Å². The summed E-state index contributed by atoms with van der Waals surface area (Å²) in [5, 5.41) is 11.6. The highest BCUT2D eigenvalue weighted by atomic mass is 16.5. The van der Waals surface area contributed by atoms with Gasteiger partial charge in [0, 0.05) is 6.54 Å². The fourth-order valence-electron chi connectivity index (χ4n) is 1.63. The van der Waals surface area contributed by atoms with E-state index in [-0.39, 0.29) is 12.5 Å². The summed E-state index contributed by atoms with van der Waals surface area (Å²) in [6.07, 6.45) is 0. The predicted molar refractivity (Wildman–Crippen MR) is 62.1 cm³/mol. The van der Waals surface area contributed by atoms with Gasteiger partial charge in [0.2, 0.25) is 5.91 Å². The standard InChI is InChI=1S/C12H13N3O2/c13-5-9-3-1-2-4-10(9)15-11(16)12(6-14)7-17-8-12/h1-4H,6-8,14H2,(H,15,16). The quantitative estimate of drug-likeness (QED) is 0.791. The van der Waals surface area contributed by atoms with Crippen LogP contribution in [0.1, 0.15) is 5.56 Å². The van der Waals surface area contributed by atoms with Crippen LogP contribution in [0.3, 0.4) is 0 Å². The molecule has 0 aliphatic carbocycles. The maximum Gasteiger partial charge on any atom is 0.236 e. The van der Waals surface area contributed by atoms with Gasteiger partial charge in [-0.3, -0.25) is 4.79 Å². The minimum atomic E-state index is -0.636. The van der Waals surface area contributed by atoms with E-state index in [4.69, 9.17) is 15.7 Å². The van der Waals surface area contributed by atoms with Crippen LogP contribution in [0.5, 0.6) is 0 Å². The number of carbonyl (C=O) groups is 1. The molecule has 17 heavy (non-hydrogen) atoms. The minimum absolute atomic E-state index is 0.186. The summed E-state index contributed by atoms with van der Waals surface area (Å²) in [5.74, 6) is -0.186. The topological polar surface area (TPSA) is 88.1 Å². The lowest BCUT2D eigenvalue weighted by Gasteiger charge is -2.38. The normalized spacial score (nSPS) is 16.7. The van der Waals surface area contributed by atoms with Gasteiger partial charge in [0.25, 0.3) is 0 Å². The van der Waals surface area contributed by atoms with Crippen LogP contribution in [0.2, 0.25) is 0 Å². The van der Waals surface area contributed by atoms with E-state index in [1.807, 2.05) is 6.07 Å². The zero-order chi connectivity index (χ0) is 12.3. The first-order chi connectivity index (χ1) is 8.22. The van der Waals surface area contributed by atoms with E-state index in [1.165, 1.54) is 0 Å². The molecule has 1 heterocycles. The lowest BCUT2D eigenvalue weighted by Crippen LogP contribution is -2.56. The Kier molecular flexibility index (Phi) is 3.09. The lowest BCUT2D eigenvalue weighted by atomic mass is 9.85. The minimum Gasteiger partial charge on any atom is -0.379 e. The molecule has 1 aliphatic heterocycles. The highest BCUT2D eigenvalue weighted by molar-refractivity contribution is 5.97. The molecule has 3 N–H and O–H groups in total. The third-order valence-corrected chi connectivity index (χ3v) is 2.92. The molecule has 0 aromatic heterocycles. The smallest absolute Gasteiger partial charge is 0.236 e. The fourth-order valence-corrected chi connectivity index (χ4v) is 1.63. The monoisotopic (exact) mass is 231 g/mol. The van der Waals surface area contributed by atoms with Crippen LogP contribution in [0.4, 0.5) is 5.69 Å². The van der Waals surface area contributed by atoms with Gasteiger partial charge in [-0.2, -0.15) is 5.26 Å². The molecule has 1 aromatic carbocycles. The summed E-state index contributed by atoms with van der Waals surface area (Å²) in [6.45, 7) is 0.918. The number of rotatable bonds is 3. The molecule has 88 valence electrons. The molecule has 1 amide bonds. The van der Waals surface area contributed by atoms with Crippen molar-refractivity contribution in [3.05, 3.63) is 29.8 Å². The average Bonchev–Trinajstić information content (AvgIpc) is 2.29. The summed E-state index contributed by atoms with van der Waals surface area (Å²) in [5.41, 5.74) is 5.90. The number of anilines is 1. The molecule has 0 spiro atoms. The Morgan fingerprint density at radius 2 is 2.24 bits per heavy atom. The molecule has 0 atom stereocenters. The van der Waals surface area contributed by atoms with Crippen LogP contribution in [-0.4, -0.2) is 25.7 Å². The van der Waals surface area contributed by atoms with E-state index in [0.29, 0.717) is 24.5 Å². The molecule has 0 bridgehead atoms. The van der Waals surface area contributed by atoms with Gasteiger partial charge in [-0.1, -0.05) is 12.1 Å². The summed E-state index contributed by atoms with van der Waals surface area (Å²) < 4.78 is 5.04. The second kappa shape index (κ2) is 4.53. The number of nitriles is 1. The second-order valence-corrected chi connectivity index (χ2v) is 4.09. The van der Waals surface area contributed by atoms with Gasteiger partial charge in [-0.05, 0) is 12.1 Å². The molecule has 5 heteroatoms. The van der Waals surface area contributed by atoms with Crippen LogP contribution in [0, 0.1) is 16.7 Å². The Morgan fingerprint density at radius 3 is 2.76 bits per heavy atom. The van der Waals surface area contributed by atoms with Gasteiger partial charge in [-0.15, -0.1) is 0 Å². The molecule has 1 aliphatic rings. The zero-order valence-corrected chi connectivity index (χ0v) is 9.27. The van der Waals surface area contributed by atoms with E-state index < -0.39 is 5.41 Å². The van der Waals surface area contributed by atoms with Crippen LogP contribution in [0.25, 0.3) is 0 Å². The molecule has 0 unspecified atom stereocenters. The highest BCUT2D eigenvalue weighted by Gasteiger charge is 2.44. The van der Waals surface area contributed by atoms with Gasteiger partial charge in [0.15, 0.2) is 0 Å². The summed E-state index contributed by atoms with van der Waals surface area (Å²) in [6, 6.07) is 8.89. The van der Waals surface area contributed by atoms with Crippen molar-refractivity contribution in [1.29, 1.82) is 5.26 Å². The van der Waals surface area contributed by atoms with Gasteiger partial charge >= 0.3 is 0 Å². The number of carbonyl (C=O) groups excluding carboxylic acids is 1. The third kappa shape index (κ3) is 2.00. The van der Waals surface area contributed by atoms with Gasteiger partial charge < -0.3 is 15.8 Å². The molecular formula is C12H13N3O2. The number of ether oxygens (including phenoxy) is 1. The zero-order valence-electron chi connectivity index (χ0n) is 9.27. The number of nitrogens with zero attached hydrogens (tertiary/aromatic N) is 1. The van der Waals surface area contributed by atoms with Crippen molar-refractivity contribution in [1.82, 2.24) is 0 Å². The summed E-state index contributed by atoms with van der Waals surface area (Å²) in [4.78, 5) is 12.0. The average molecular weight is 231 g/mol. The number of amides is 1. The van der Waals surface area contributed by atoms with Crippen LogP contribution in [0.15, 0.2) is 24.3 Å². The second-order valence-electron chi connectivity index (χ2n) is 4.09. The molecule has 1 saturated heterocycles. The SMILES string of the molecule is N#Cc1ccccc1NC(=O)C1(CN)COC1. The first-order valence-corrected chi connectivity index (χ1v) is 5.30. The van der Waals surface area contributed by atoms with Crippen molar-refractivity contribution in [2.45, 2.75) is 0 Å². The molecule has 5 nitrogen and oxygen atoms in total. The van der Waals surface area contributed by atoms with Crippen molar-refractivity contribution in [3.63, 3.8) is 0 Å². The summed E-state index contributed by atoms with van der Waals surface area (Å²) >= 11 is 0.